The van der Waals surface area contributed by atoms with E-state index in [-0.39, 0.29) is 10.8 Å². The third kappa shape index (κ3) is 4.32. The SMILES string of the molecule is Cc1nc(CSCC(=O)Nc2ccc(C(=O)O)s2)cs1. The number of carboxylic acid groups (broad SMARTS) is 1. The first-order valence-corrected chi connectivity index (χ1v) is 8.51. The third-order valence-electron chi connectivity index (χ3n) is 2.23. The van der Waals surface area contributed by atoms with Gasteiger partial charge in [0.1, 0.15) is 4.88 Å². The molecule has 2 heterocycles. The molecule has 8 heteroatoms. The van der Waals surface area contributed by atoms with Crippen LogP contribution in [0.1, 0.15) is 20.4 Å². The van der Waals surface area contributed by atoms with Crippen molar-refractivity contribution in [1.82, 2.24) is 4.98 Å². The summed E-state index contributed by atoms with van der Waals surface area (Å²) >= 11 is 4.12. The Labute approximate surface area is 128 Å². The van der Waals surface area contributed by atoms with Crippen LogP contribution in [0.2, 0.25) is 0 Å². The molecule has 0 fully saturated rings. The van der Waals surface area contributed by atoms with Gasteiger partial charge in [-0.05, 0) is 19.1 Å². The van der Waals surface area contributed by atoms with Crippen molar-refractivity contribution in [3.63, 3.8) is 0 Å². The molecule has 2 aromatic rings. The quantitative estimate of drug-likeness (QED) is 0.852. The summed E-state index contributed by atoms with van der Waals surface area (Å²) in [5.74, 6) is -0.107. The molecule has 2 aromatic heterocycles. The number of aromatic nitrogens is 1. The van der Waals surface area contributed by atoms with E-state index in [0.29, 0.717) is 16.5 Å². The molecule has 0 aliphatic rings. The van der Waals surface area contributed by atoms with Crippen LogP contribution in [0.4, 0.5) is 5.00 Å². The molecular weight excluding hydrogens is 316 g/mol. The van der Waals surface area contributed by atoms with Crippen molar-refractivity contribution in [3.05, 3.63) is 33.1 Å². The first-order chi connectivity index (χ1) is 9.54. The van der Waals surface area contributed by atoms with Crippen LogP contribution in [0, 0.1) is 6.92 Å². The Hall–Kier alpha value is -1.38. The summed E-state index contributed by atoms with van der Waals surface area (Å²) in [7, 11) is 0. The average Bonchev–Trinajstić information content (AvgIpc) is 2.99. The zero-order valence-electron chi connectivity index (χ0n) is 10.6. The lowest BCUT2D eigenvalue weighted by Crippen LogP contribution is -2.13. The molecule has 0 saturated carbocycles. The van der Waals surface area contributed by atoms with Crippen molar-refractivity contribution in [1.29, 1.82) is 0 Å². The number of carbonyl (C=O) groups excluding carboxylic acids is 1. The number of anilines is 1. The number of hydrogen-bond acceptors (Lipinski definition) is 6. The predicted molar refractivity (Wildman–Crippen MR) is 82.9 cm³/mol. The summed E-state index contributed by atoms with van der Waals surface area (Å²) in [6.07, 6.45) is 0. The number of thiazole rings is 1. The van der Waals surface area contributed by atoms with Gasteiger partial charge in [-0.3, -0.25) is 4.79 Å². The number of carboxylic acids is 1. The molecule has 0 unspecified atom stereocenters. The molecule has 2 N–H and O–H groups in total. The molecule has 0 aliphatic heterocycles. The van der Waals surface area contributed by atoms with Crippen LogP contribution in [0.25, 0.3) is 0 Å². The summed E-state index contributed by atoms with van der Waals surface area (Å²) < 4.78 is 0. The highest BCUT2D eigenvalue weighted by Gasteiger charge is 2.09. The van der Waals surface area contributed by atoms with Gasteiger partial charge >= 0.3 is 5.97 Å². The highest BCUT2D eigenvalue weighted by molar-refractivity contribution is 7.99. The number of carbonyl (C=O) groups is 2. The smallest absolute Gasteiger partial charge is 0.345 e. The van der Waals surface area contributed by atoms with E-state index in [1.165, 1.54) is 17.8 Å². The number of nitrogens with one attached hydrogen (secondary N) is 1. The topological polar surface area (TPSA) is 79.3 Å². The van der Waals surface area contributed by atoms with Crippen molar-refractivity contribution in [2.75, 3.05) is 11.1 Å². The molecule has 106 valence electrons. The molecule has 0 bridgehead atoms. The fraction of sp³-hybridized carbons (Fsp3) is 0.250. The normalized spacial score (nSPS) is 10.4. The van der Waals surface area contributed by atoms with Gasteiger partial charge in [0.2, 0.25) is 5.91 Å². The molecule has 0 spiro atoms. The molecular formula is C12H12N2O3S3. The van der Waals surface area contributed by atoms with Gasteiger partial charge in [0.05, 0.1) is 21.5 Å². The molecule has 0 saturated heterocycles. The standard InChI is InChI=1S/C12H12N2O3S3/c1-7-13-8(5-19-7)4-18-6-10(15)14-11-3-2-9(20-11)12(16)17/h2-3,5H,4,6H2,1H3,(H,14,15)(H,16,17). The Bertz CT molecular complexity index is 621. The van der Waals surface area contributed by atoms with E-state index in [4.69, 9.17) is 5.11 Å². The van der Waals surface area contributed by atoms with Gasteiger partial charge in [0.25, 0.3) is 0 Å². The van der Waals surface area contributed by atoms with E-state index in [9.17, 15) is 9.59 Å². The number of thiophene rings is 1. The number of aryl methyl sites for hydroxylation is 1. The van der Waals surface area contributed by atoms with E-state index in [1.807, 2.05) is 12.3 Å². The number of amides is 1. The van der Waals surface area contributed by atoms with Crippen molar-refractivity contribution in [2.24, 2.45) is 0 Å². The number of thioether (sulfide) groups is 1. The highest BCUT2D eigenvalue weighted by atomic mass is 32.2. The van der Waals surface area contributed by atoms with Crippen LogP contribution in [0.15, 0.2) is 17.5 Å². The second-order valence-electron chi connectivity index (χ2n) is 3.87. The molecule has 1 amide bonds. The Morgan fingerprint density at radius 1 is 1.45 bits per heavy atom. The molecule has 0 aliphatic carbocycles. The Kier molecular flexibility index (Phi) is 5.16. The van der Waals surface area contributed by atoms with Crippen molar-refractivity contribution < 1.29 is 14.7 Å². The Morgan fingerprint density at radius 3 is 2.85 bits per heavy atom. The minimum absolute atomic E-state index is 0.138. The number of hydrogen-bond donors (Lipinski definition) is 2. The van der Waals surface area contributed by atoms with E-state index in [0.717, 1.165) is 22.0 Å². The van der Waals surface area contributed by atoms with E-state index in [2.05, 4.69) is 10.3 Å². The number of nitrogens with zero attached hydrogens (tertiary/aromatic N) is 1. The van der Waals surface area contributed by atoms with Crippen molar-refractivity contribution in [2.45, 2.75) is 12.7 Å². The Morgan fingerprint density at radius 2 is 2.25 bits per heavy atom. The summed E-state index contributed by atoms with van der Waals surface area (Å²) in [6, 6.07) is 3.08. The lowest BCUT2D eigenvalue weighted by Gasteiger charge is -2.01. The van der Waals surface area contributed by atoms with Gasteiger partial charge in [0.15, 0.2) is 0 Å². The molecule has 2 rings (SSSR count). The zero-order valence-corrected chi connectivity index (χ0v) is 13.0. The van der Waals surface area contributed by atoms with Gasteiger partial charge in [-0.25, -0.2) is 9.78 Å². The van der Waals surface area contributed by atoms with Crippen LogP contribution in [0.3, 0.4) is 0 Å². The Balaban J connectivity index is 1.76. The molecule has 0 atom stereocenters. The van der Waals surface area contributed by atoms with E-state index in [1.54, 1.807) is 17.4 Å². The molecule has 0 radical (unpaired) electrons. The summed E-state index contributed by atoms with van der Waals surface area (Å²) in [4.78, 5) is 26.9. The second kappa shape index (κ2) is 6.87. The number of aromatic carboxylic acids is 1. The monoisotopic (exact) mass is 328 g/mol. The van der Waals surface area contributed by atoms with Crippen molar-refractivity contribution in [3.8, 4) is 0 Å². The molecule has 5 nitrogen and oxygen atoms in total. The summed E-state index contributed by atoms with van der Waals surface area (Å²) in [5.41, 5.74) is 0.981. The van der Waals surface area contributed by atoms with Crippen LogP contribution in [-0.2, 0) is 10.5 Å². The fourth-order valence-corrected chi connectivity index (χ4v) is 3.61. The molecule has 20 heavy (non-hydrogen) atoms. The predicted octanol–water partition coefficient (Wildman–Crippen LogP) is 3.08. The maximum absolute atomic E-state index is 11.7. The van der Waals surface area contributed by atoms with Gasteiger partial charge in [-0.1, -0.05) is 0 Å². The minimum Gasteiger partial charge on any atom is -0.477 e. The highest BCUT2D eigenvalue weighted by Crippen LogP contribution is 2.22. The van der Waals surface area contributed by atoms with Gasteiger partial charge in [0, 0.05) is 11.1 Å². The lowest BCUT2D eigenvalue weighted by atomic mass is 10.5. The second-order valence-corrected chi connectivity index (χ2v) is 7.00. The van der Waals surface area contributed by atoms with Crippen LogP contribution in [-0.4, -0.2) is 27.7 Å². The van der Waals surface area contributed by atoms with E-state index < -0.39 is 5.97 Å². The first kappa shape index (κ1) is 15.0. The minimum atomic E-state index is -0.983. The third-order valence-corrected chi connectivity index (χ3v) is 5.01. The summed E-state index contributed by atoms with van der Waals surface area (Å²) in [5, 5.41) is 15.0. The van der Waals surface area contributed by atoms with Crippen LogP contribution < -0.4 is 5.32 Å². The first-order valence-electron chi connectivity index (χ1n) is 5.66. The maximum Gasteiger partial charge on any atom is 0.345 e. The van der Waals surface area contributed by atoms with Crippen LogP contribution >= 0.6 is 34.4 Å². The maximum atomic E-state index is 11.7. The zero-order chi connectivity index (χ0) is 14.5. The molecule has 0 aromatic carbocycles. The van der Waals surface area contributed by atoms with E-state index >= 15 is 0 Å². The van der Waals surface area contributed by atoms with Gasteiger partial charge < -0.3 is 10.4 Å². The van der Waals surface area contributed by atoms with Gasteiger partial charge in [-0.2, -0.15) is 0 Å². The van der Waals surface area contributed by atoms with Crippen molar-refractivity contribution >= 4 is 51.3 Å². The summed E-state index contributed by atoms with van der Waals surface area (Å²) in [6.45, 7) is 1.95. The fourth-order valence-electron chi connectivity index (χ4n) is 1.42. The van der Waals surface area contributed by atoms with Crippen LogP contribution in [0.5, 0.6) is 0 Å². The van der Waals surface area contributed by atoms with Gasteiger partial charge in [-0.15, -0.1) is 34.4 Å². The lowest BCUT2D eigenvalue weighted by molar-refractivity contribution is -0.113. The average molecular weight is 328 g/mol. The largest absolute Gasteiger partial charge is 0.477 e. The number of rotatable bonds is 6.